The minimum absolute atomic E-state index is 0. The summed E-state index contributed by atoms with van der Waals surface area (Å²) in [5, 5.41) is 47.5. The first-order valence-electron chi connectivity index (χ1n) is 35.5. The predicted octanol–water partition coefficient (Wildman–Crippen LogP) is 10.8. The van der Waals surface area contributed by atoms with Crippen LogP contribution in [0.1, 0.15) is 190 Å². The molecule has 1 aromatic heterocycles. The van der Waals surface area contributed by atoms with Gasteiger partial charge in [0, 0.05) is 59.5 Å². The molecule has 8 aliphatic carbocycles. The quantitative estimate of drug-likeness (QED) is 0.0191. The number of alkyl halides is 1. The maximum Gasteiger partial charge on any atom is 1.00 e. The monoisotopic (exact) mass is 1400 g/mol. The van der Waals surface area contributed by atoms with Gasteiger partial charge in [-0.1, -0.05) is 176 Å². The van der Waals surface area contributed by atoms with Crippen LogP contribution in [0.4, 0.5) is 0 Å². The number of aromatic nitrogens is 2. The van der Waals surface area contributed by atoms with E-state index in [0.717, 1.165) is 58.5 Å². The molecule has 12 rings (SSSR count). The number of benzene rings is 3. The molecule has 3 aromatic carbocycles. The maximum absolute atomic E-state index is 13.9. The van der Waals surface area contributed by atoms with Crippen molar-refractivity contribution < 1.29 is 93.0 Å². The zero-order valence-corrected chi connectivity index (χ0v) is 63.7. The molecular formula is C81H101Cl2N2NaO13. The molecule has 528 valence electrons. The molecule has 0 amide bonds. The Morgan fingerprint density at radius 1 is 0.778 bits per heavy atom. The fourth-order valence-electron chi connectivity index (χ4n) is 21.3. The molecule has 0 bridgehead atoms. The first-order chi connectivity index (χ1) is 46.3. The Hall–Kier alpha value is -5.49. The van der Waals surface area contributed by atoms with E-state index in [1.54, 1.807) is 26.1 Å². The Bertz CT molecular complexity index is 3740. The summed E-state index contributed by atoms with van der Waals surface area (Å²) in [5.41, 5.74) is 1.75. The van der Waals surface area contributed by atoms with E-state index < -0.39 is 81.4 Å². The molecule has 7 saturated carbocycles. The van der Waals surface area contributed by atoms with Crippen molar-refractivity contribution in [1.82, 2.24) is 9.55 Å². The summed E-state index contributed by atoms with van der Waals surface area (Å²) in [5.74, 6) is -3.49. The number of aliphatic hydroxyl groups excluding tert-OH is 3. The predicted molar refractivity (Wildman–Crippen MR) is 375 cm³/mol. The molecule has 0 spiro atoms. The van der Waals surface area contributed by atoms with Gasteiger partial charge in [-0.15, -0.1) is 11.6 Å². The third-order valence-electron chi connectivity index (χ3n) is 25.9. The second kappa shape index (κ2) is 30.1. The number of esters is 3. The first kappa shape index (κ1) is 77.7. The number of aliphatic carboxylic acids is 1. The van der Waals surface area contributed by atoms with Gasteiger partial charge < -0.3 is 44.0 Å². The van der Waals surface area contributed by atoms with E-state index in [1.807, 2.05) is 89.6 Å². The Morgan fingerprint density at radius 2 is 1.41 bits per heavy atom. The molecule has 15 nitrogen and oxygen atoms in total. The number of aliphatic hydroxyl groups is 3. The fourth-order valence-corrected chi connectivity index (χ4v) is 22.1. The largest absolute Gasteiger partial charge is 1.00 e. The Labute approximate surface area is 617 Å². The molecule has 7 fully saturated rings. The molecule has 99 heavy (non-hydrogen) atoms. The number of Topliss-reactive ketones (excluding diaryl/α,β-unsaturated/α-hetero) is 1. The van der Waals surface area contributed by atoms with Crippen molar-refractivity contribution in [3.63, 3.8) is 0 Å². The molecule has 18 atom stereocenters. The van der Waals surface area contributed by atoms with Gasteiger partial charge in [0.15, 0.2) is 18.0 Å². The molecule has 0 radical (unpaired) electrons. The SMILES string of the molecule is CC(=O)O[C@H]1C[C@@]2(C)[C@@H](C[C@@H](O)[C@H]3[C@@]4(C)CC[C@@H](O)[C@@H](C)[C@@H]4CC[C@@]32C)/C1=C(\CCC=C(C)C)C(=O)[O-].CCC(=O)OCC(=O)[C@@]1(OC(=O)CC)[C@@H](C)C[C@H]2[C@@H]3CCC4=CC(=O)C=C[C@]4(C)[C@@]3(Cl)[C@@H](O)C[C@@]21C.Clc1ccccc1C(c1ccccc1)(c1ccccc1)n1ccnc1.[Na+]. The van der Waals surface area contributed by atoms with E-state index >= 15 is 0 Å². The van der Waals surface area contributed by atoms with Crippen LogP contribution >= 0.6 is 23.2 Å². The average molecular weight is 1400 g/mol. The number of nitrogens with zero attached hydrogens (tertiary/aromatic N) is 2. The number of rotatable bonds is 15. The van der Waals surface area contributed by atoms with E-state index in [-0.39, 0.29) is 118 Å². The number of hydrogen-bond donors (Lipinski definition) is 3. The summed E-state index contributed by atoms with van der Waals surface area (Å²) in [6, 6.07) is 28.8. The first-order valence-corrected chi connectivity index (χ1v) is 36.2. The summed E-state index contributed by atoms with van der Waals surface area (Å²) >= 11 is 14.2. The molecular weight excluding hydrogens is 1300 g/mol. The van der Waals surface area contributed by atoms with Gasteiger partial charge in [-0.05, 0) is 183 Å². The molecule has 8 aliphatic rings. The number of hydrogen-bond acceptors (Lipinski definition) is 14. The number of allylic oxidation sites excluding steroid dienone is 6. The number of carbonyl (C=O) groups excluding carboxylic acids is 6. The van der Waals surface area contributed by atoms with Crippen molar-refractivity contribution in [2.75, 3.05) is 6.61 Å². The number of imidazole rings is 1. The Morgan fingerprint density at radius 3 is 2.00 bits per heavy atom. The number of carboxylic acid groups (broad SMARTS) is 1. The number of ether oxygens (including phenoxy) is 3. The van der Waals surface area contributed by atoms with Crippen molar-refractivity contribution >= 4 is 58.6 Å². The van der Waals surface area contributed by atoms with Crippen LogP contribution in [0.25, 0.3) is 0 Å². The molecule has 0 aliphatic heterocycles. The van der Waals surface area contributed by atoms with Crippen molar-refractivity contribution in [2.45, 2.75) is 213 Å². The number of ketones is 2. The molecule has 4 aromatic rings. The van der Waals surface area contributed by atoms with Crippen LogP contribution in [0, 0.1) is 68.5 Å². The van der Waals surface area contributed by atoms with Crippen molar-refractivity contribution in [3.05, 3.63) is 172 Å². The minimum Gasteiger partial charge on any atom is -0.545 e. The summed E-state index contributed by atoms with van der Waals surface area (Å²) < 4.78 is 19.2. The van der Waals surface area contributed by atoms with E-state index in [4.69, 9.17) is 37.4 Å². The molecule has 0 unspecified atom stereocenters. The maximum atomic E-state index is 13.9. The van der Waals surface area contributed by atoms with Crippen molar-refractivity contribution in [2.24, 2.45) is 68.5 Å². The molecule has 18 heteroatoms. The van der Waals surface area contributed by atoms with Crippen molar-refractivity contribution in [1.29, 1.82) is 0 Å². The van der Waals surface area contributed by atoms with Gasteiger partial charge in [0.25, 0.3) is 0 Å². The average Bonchev–Trinajstić information content (AvgIpc) is 1.60. The number of carbonyl (C=O) groups is 6. The van der Waals surface area contributed by atoms with E-state index in [0.29, 0.717) is 56.4 Å². The molecule has 1 heterocycles. The van der Waals surface area contributed by atoms with Crippen LogP contribution in [0.5, 0.6) is 0 Å². The summed E-state index contributed by atoms with van der Waals surface area (Å²) in [7, 11) is 0. The van der Waals surface area contributed by atoms with Crippen LogP contribution in [-0.4, -0.2) is 102 Å². The van der Waals surface area contributed by atoms with Crippen LogP contribution in [0.3, 0.4) is 0 Å². The van der Waals surface area contributed by atoms with Crippen molar-refractivity contribution in [3.8, 4) is 0 Å². The van der Waals surface area contributed by atoms with Crippen LogP contribution in [0.15, 0.2) is 150 Å². The zero-order valence-electron chi connectivity index (χ0n) is 60.2. The third kappa shape index (κ3) is 13.1. The van der Waals surface area contributed by atoms with E-state index in [1.165, 1.54) is 13.0 Å². The minimum atomic E-state index is -1.55. The van der Waals surface area contributed by atoms with Gasteiger partial charge >= 0.3 is 47.5 Å². The van der Waals surface area contributed by atoms with Gasteiger partial charge in [0.1, 0.15) is 11.6 Å². The topological polar surface area (TPSA) is 232 Å². The fraction of sp³-hybridized carbons (Fsp3) is 0.568. The van der Waals surface area contributed by atoms with E-state index in [2.05, 4.69) is 91.8 Å². The standard InChI is InChI=1S/C31H48O6.C28H37ClO7.C22H17ClN2.Na/c1-17(2)9-8-10-20(28(35)36)26-22-15-24(34)27-29(5)13-12-23(33)18(3)21(29)11-14-30(27,6)31(22,7)16-25(26)37-19(4)32;1-6-23(33)35-15-22(32)28(36-24(34)7-2)16(3)12-20-19-9-8-17-13-18(30)10-11-25(17,4)27(19,29)21(31)14-26(20,28)5;23-21-14-8-7-13-20(21)22(25-16-15-24-17-25,18-9-3-1-4-10-18)19-11-5-2-6-12-19;/h9,18,21-25,27,33-34H,8,10-16H2,1-7H3,(H,35,36);10-11,13,16,19-21,31H,6-9,12,14-15H2,1-5H3;1-17H;/q;;;+1/p-1/b26-20-;;;/t18-,21-,22-,23+,24+,25-,27-,29-,30-,31-;16-,19-,20-,21-,25-,26-,27-,28-;;/m00../s1. The number of fused-ring (bicyclic) bond motifs is 10. The zero-order chi connectivity index (χ0) is 71.3. The Kier molecular flexibility index (Phi) is 23.6. The summed E-state index contributed by atoms with van der Waals surface area (Å²) in [6.07, 6.45) is 17.7. The second-order valence-corrected chi connectivity index (χ2v) is 32.0. The van der Waals surface area contributed by atoms with Crippen LogP contribution in [-0.2, 0) is 48.5 Å². The summed E-state index contributed by atoms with van der Waals surface area (Å²) in [4.78, 5) is 78.5. The van der Waals surface area contributed by atoms with Crippen LogP contribution < -0.4 is 34.7 Å². The van der Waals surface area contributed by atoms with Gasteiger partial charge in [0.2, 0.25) is 5.78 Å². The molecule has 0 saturated heterocycles. The third-order valence-corrected chi connectivity index (χ3v) is 27.2. The molecule has 3 N–H and O–H groups in total. The second-order valence-electron chi connectivity index (χ2n) is 30.9. The van der Waals surface area contributed by atoms with Gasteiger partial charge in [0.05, 0.1) is 35.5 Å². The van der Waals surface area contributed by atoms with Crippen LogP contribution in [0.2, 0.25) is 5.02 Å². The smallest absolute Gasteiger partial charge is 0.545 e. The normalized spacial score (nSPS) is 35.8. The van der Waals surface area contributed by atoms with E-state index in [9.17, 15) is 49.2 Å². The van der Waals surface area contributed by atoms with Gasteiger partial charge in [-0.25, -0.2) is 4.98 Å². The summed E-state index contributed by atoms with van der Waals surface area (Å²) in [6.45, 7) is 23.0. The number of carboxylic acids is 1. The van der Waals surface area contributed by atoms with Gasteiger partial charge in [-0.3, -0.25) is 24.0 Å². The Balaban J connectivity index is 0.000000176. The van der Waals surface area contributed by atoms with Gasteiger partial charge in [-0.2, -0.15) is 0 Å². The number of halogens is 2.